The molecule has 44 heavy (non-hydrogen) atoms. The molecule has 2 aromatic carbocycles. The van der Waals surface area contributed by atoms with Gasteiger partial charge in [-0.3, -0.25) is 19.9 Å². The number of hydrogen-bond donors (Lipinski definition) is 4. The fourth-order valence-corrected chi connectivity index (χ4v) is 5.64. The van der Waals surface area contributed by atoms with E-state index < -0.39 is 0 Å². The molecule has 7 rings (SSSR count). The highest BCUT2D eigenvalue weighted by Gasteiger charge is 2.25. The Balaban J connectivity index is 1.21. The van der Waals surface area contributed by atoms with Crippen LogP contribution in [0.5, 0.6) is 0 Å². The SMILES string of the molecule is CN(C)CCNc1cc(F)cc(-c2nccc3[nH]c(-c4n[nH]c5ccc(-c6cncc(NC(=O)C7CCC7)c6)cc45)cc23)c1. The summed E-state index contributed by atoms with van der Waals surface area (Å²) in [6.45, 7) is 1.53. The first kappa shape index (κ1) is 27.7. The van der Waals surface area contributed by atoms with Gasteiger partial charge >= 0.3 is 0 Å². The number of amides is 1. The summed E-state index contributed by atoms with van der Waals surface area (Å²) >= 11 is 0. The normalized spacial score (nSPS) is 13.5. The molecule has 0 aliphatic heterocycles. The minimum atomic E-state index is -0.323. The van der Waals surface area contributed by atoms with Gasteiger partial charge in [-0.2, -0.15) is 5.10 Å². The van der Waals surface area contributed by atoms with Crippen LogP contribution in [0, 0.1) is 11.7 Å². The highest BCUT2D eigenvalue weighted by Crippen LogP contribution is 2.36. The quantitative estimate of drug-likeness (QED) is 0.150. The predicted molar refractivity (Wildman–Crippen MR) is 173 cm³/mol. The molecule has 4 aromatic heterocycles. The van der Waals surface area contributed by atoms with Gasteiger partial charge in [0.2, 0.25) is 5.91 Å². The second-order valence-corrected chi connectivity index (χ2v) is 11.7. The van der Waals surface area contributed by atoms with Crippen LogP contribution in [0.1, 0.15) is 19.3 Å². The monoisotopic (exact) mass is 588 g/mol. The highest BCUT2D eigenvalue weighted by atomic mass is 19.1. The van der Waals surface area contributed by atoms with Crippen LogP contribution < -0.4 is 10.6 Å². The fourth-order valence-electron chi connectivity index (χ4n) is 5.64. The van der Waals surface area contributed by atoms with E-state index in [1.807, 2.05) is 50.5 Å². The van der Waals surface area contributed by atoms with Gasteiger partial charge in [-0.1, -0.05) is 12.5 Å². The molecule has 6 aromatic rings. The summed E-state index contributed by atoms with van der Waals surface area (Å²) in [5.41, 5.74) is 7.99. The van der Waals surface area contributed by atoms with Crippen molar-refractivity contribution in [3.63, 3.8) is 0 Å². The van der Waals surface area contributed by atoms with Crippen molar-refractivity contribution < 1.29 is 9.18 Å². The molecular weight excluding hydrogens is 555 g/mol. The first-order valence-electron chi connectivity index (χ1n) is 14.8. The van der Waals surface area contributed by atoms with Gasteiger partial charge in [-0.05, 0) is 81.0 Å². The van der Waals surface area contributed by atoms with E-state index >= 15 is 0 Å². The van der Waals surface area contributed by atoms with Gasteiger partial charge in [0.1, 0.15) is 11.5 Å². The number of hydrogen-bond acceptors (Lipinski definition) is 6. The third-order valence-corrected chi connectivity index (χ3v) is 8.24. The van der Waals surface area contributed by atoms with Gasteiger partial charge < -0.3 is 20.5 Å². The number of halogens is 1. The van der Waals surface area contributed by atoms with Crippen LogP contribution in [0.2, 0.25) is 0 Å². The maximum absolute atomic E-state index is 14.7. The highest BCUT2D eigenvalue weighted by molar-refractivity contribution is 6.01. The second-order valence-electron chi connectivity index (χ2n) is 11.7. The zero-order chi connectivity index (χ0) is 30.2. The molecule has 4 heterocycles. The summed E-state index contributed by atoms with van der Waals surface area (Å²) < 4.78 is 14.7. The van der Waals surface area contributed by atoms with E-state index in [0.717, 1.165) is 70.1 Å². The zero-order valence-corrected chi connectivity index (χ0v) is 24.6. The average Bonchev–Trinajstić information content (AvgIpc) is 3.59. The number of anilines is 2. The molecule has 0 saturated heterocycles. The molecular formula is C34H33FN8O. The molecule has 222 valence electrons. The summed E-state index contributed by atoms with van der Waals surface area (Å²) in [6.07, 6.45) is 8.21. The van der Waals surface area contributed by atoms with E-state index in [1.165, 1.54) is 12.1 Å². The van der Waals surface area contributed by atoms with Gasteiger partial charge in [0.15, 0.2) is 0 Å². The first-order chi connectivity index (χ1) is 21.4. The Morgan fingerprint density at radius 1 is 0.932 bits per heavy atom. The number of likely N-dealkylation sites (N-methyl/N-ethyl adjacent to an activating group) is 1. The van der Waals surface area contributed by atoms with E-state index in [1.54, 1.807) is 18.6 Å². The second kappa shape index (κ2) is 11.5. The lowest BCUT2D eigenvalue weighted by atomic mass is 9.85. The van der Waals surface area contributed by atoms with Crippen molar-refractivity contribution in [2.75, 3.05) is 37.8 Å². The lowest BCUT2D eigenvalue weighted by Gasteiger charge is -2.24. The number of aromatic nitrogens is 5. The van der Waals surface area contributed by atoms with Crippen LogP contribution in [0.25, 0.3) is 55.6 Å². The van der Waals surface area contributed by atoms with E-state index in [9.17, 15) is 9.18 Å². The van der Waals surface area contributed by atoms with Crippen LogP contribution in [0.3, 0.4) is 0 Å². The molecule has 1 amide bonds. The van der Waals surface area contributed by atoms with Crippen LogP contribution in [-0.4, -0.2) is 63.1 Å². The number of aromatic amines is 2. The maximum Gasteiger partial charge on any atom is 0.227 e. The van der Waals surface area contributed by atoms with Crippen molar-refractivity contribution in [2.45, 2.75) is 19.3 Å². The Bertz CT molecular complexity index is 1990. The van der Waals surface area contributed by atoms with Crippen molar-refractivity contribution in [3.8, 4) is 33.8 Å². The number of nitrogens with zero attached hydrogens (tertiary/aromatic N) is 4. The van der Waals surface area contributed by atoms with Gasteiger partial charge in [0.25, 0.3) is 0 Å². The summed E-state index contributed by atoms with van der Waals surface area (Å²) in [4.78, 5) is 27.1. The molecule has 0 atom stereocenters. The van der Waals surface area contributed by atoms with E-state index in [4.69, 9.17) is 0 Å². The summed E-state index contributed by atoms with van der Waals surface area (Å²) in [7, 11) is 4.01. The number of pyridine rings is 2. The van der Waals surface area contributed by atoms with Gasteiger partial charge in [0.05, 0.1) is 28.8 Å². The molecule has 4 N–H and O–H groups in total. The molecule has 10 heteroatoms. The average molecular weight is 589 g/mol. The van der Waals surface area contributed by atoms with E-state index in [2.05, 4.69) is 46.7 Å². The van der Waals surface area contributed by atoms with Crippen molar-refractivity contribution in [3.05, 3.63) is 79.0 Å². The topological polar surface area (TPSA) is 115 Å². The fraction of sp³-hybridized carbons (Fsp3) is 0.235. The number of H-pyrrole nitrogens is 2. The van der Waals surface area contributed by atoms with Crippen molar-refractivity contribution in [2.24, 2.45) is 5.92 Å². The molecule has 0 unspecified atom stereocenters. The lowest BCUT2D eigenvalue weighted by Crippen LogP contribution is -2.28. The maximum atomic E-state index is 14.7. The first-order valence-corrected chi connectivity index (χ1v) is 14.8. The number of rotatable bonds is 9. The Morgan fingerprint density at radius 3 is 2.59 bits per heavy atom. The third kappa shape index (κ3) is 5.51. The molecule has 1 aliphatic carbocycles. The number of nitrogens with one attached hydrogen (secondary N) is 4. The van der Waals surface area contributed by atoms with Crippen molar-refractivity contribution in [1.82, 2.24) is 30.0 Å². The Morgan fingerprint density at radius 2 is 1.77 bits per heavy atom. The largest absolute Gasteiger partial charge is 0.384 e. The van der Waals surface area contributed by atoms with E-state index in [0.29, 0.717) is 29.2 Å². The molecule has 0 radical (unpaired) electrons. The van der Waals surface area contributed by atoms with Crippen LogP contribution >= 0.6 is 0 Å². The van der Waals surface area contributed by atoms with Crippen LogP contribution in [-0.2, 0) is 4.79 Å². The Kier molecular flexibility index (Phi) is 7.27. The van der Waals surface area contributed by atoms with Crippen molar-refractivity contribution in [1.29, 1.82) is 0 Å². The summed E-state index contributed by atoms with van der Waals surface area (Å²) in [6, 6.07) is 16.9. The zero-order valence-electron chi connectivity index (χ0n) is 24.6. The number of carbonyl (C=O) groups is 1. The minimum Gasteiger partial charge on any atom is -0.384 e. The predicted octanol–water partition coefficient (Wildman–Crippen LogP) is 6.69. The Labute approximate surface area is 253 Å². The number of benzene rings is 2. The van der Waals surface area contributed by atoms with E-state index in [-0.39, 0.29) is 17.6 Å². The lowest BCUT2D eigenvalue weighted by molar-refractivity contribution is -0.122. The number of carbonyl (C=O) groups excluding carboxylic acids is 1. The summed E-state index contributed by atoms with van der Waals surface area (Å²) in [5, 5.41) is 15.9. The smallest absolute Gasteiger partial charge is 0.227 e. The van der Waals surface area contributed by atoms with Crippen LogP contribution in [0.15, 0.2) is 73.2 Å². The molecule has 9 nitrogen and oxygen atoms in total. The minimum absolute atomic E-state index is 0.0606. The molecule has 1 aliphatic rings. The molecule has 1 saturated carbocycles. The van der Waals surface area contributed by atoms with Crippen molar-refractivity contribution >= 4 is 39.1 Å². The van der Waals surface area contributed by atoms with Crippen LogP contribution in [0.4, 0.5) is 15.8 Å². The molecule has 0 bridgehead atoms. The Hall–Kier alpha value is -5.09. The van der Waals surface area contributed by atoms with Gasteiger partial charge in [0, 0.05) is 64.5 Å². The summed E-state index contributed by atoms with van der Waals surface area (Å²) in [5.74, 6) is -0.162. The number of fused-ring (bicyclic) bond motifs is 2. The molecule has 0 spiro atoms. The molecule has 1 fully saturated rings. The van der Waals surface area contributed by atoms with Gasteiger partial charge in [-0.15, -0.1) is 0 Å². The standard InChI is InChI=1S/C34H33FN8O/c1-43(2)11-10-37-25-13-22(12-24(35)16-25)32-28-17-31(40-29(28)8-9-38-32)33-27-15-21(6-7-30(27)41-42-33)23-14-26(19-36-18-23)39-34(44)20-4-3-5-20/h6-9,12-20,37,40H,3-5,10-11H2,1-2H3,(H,39,44)(H,41,42). The van der Waals surface area contributed by atoms with Gasteiger partial charge in [-0.25, -0.2) is 4.39 Å². The third-order valence-electron chi connectivity index (χ3n) is 8.24.